The number of aromatic nitrogens is 3. The number of nitrogens with zero attached hydrogens (tertiary/aromatic N) is 3. The third kappa shape index (κ3) is 2.85. The van der Waals surface area contributed by atoms with Crippen LogP contribution in [0.3, 0.4) is 0 Å². The zero-order valence-electron chi connectivity index (χ0n) is 11.8. The number of hydrogen-bond donors (Lipinski definition) is 1. The maximum absolute atomic E-state index is 12.3. The van der Waals surface area contributed by atoms with Crippen LogP contribution in [-0.4, -0.2) is 22.8 Å². The molecule has 9 heteroatoms. The monoisotopic (exact) mass is 336 g/mol. The summed E-state index contributed by atoms with van der Waals surface area (Å²) in [5, 5.41) is 0.199. The predicted octanol–water partition coefficient (Wildman–Crippen LogP) is 2.61. The first-order valence-electron chi connectivity index (χ1n) is 6.30. The molecule has 0 aliphatic rings. The highest BCUT2D eigenvalue weighted by Gasteiger charge is 2.22. The van der Waals surface area contributed by atoms with Crippen LogP contribution in [0.15, 0.2) is 39.9 Å². The van der Waals surface area contributed by atoms with Crippen molar-refractivity contribution in [3.63, 3.8) is 0 Å². The lowest BCUT2D eigenvalue weighted by atomic mass is 10.3. The fourth-order valence-electron chi connectivity index (χ4n) is 1.93. The molecule has 7 nitrogen and oxygen atoms in total. The number of pyridine rings is 1. The number of sulfonamides is 1. The second kappa shape index (κ2) is 5.50. The molecule has 0 aliphatic heterocycles. The van der Waals surface area contributed by atoms with E-state index in [0.29, 0.717) is 17.3 Å². The Balaban J connectivity index is 1.88. The highest BCUT2D eigenvalue weighted by molar-refractivity contribution is 7.93. The van der Waals surface area contributed by atoms with Gasteiger partial charge in [0.05, 0.1) is 0 Å². The molecule has 0 aromatic carbocycles. The van der Waals surface area contributed by atoms with Crippen LogP contribution in [0.25, 0.3) is 11.4 Å². The van der Waals surface area contributed by atoms with Crippen molar-refractivity contribution in [3.8, 4) is 11.4 Å². The summed E-state index contributed by atoms with van der Waals surface area (Å²) < 4.78 is 36.5. The molecule has 0 unspecified atom stereocenters. The first-order chi connectivity index (χ1) is 10.5. The maximum atomic E-state index is 12.3. The summed E-state index contributed by atoms with van der Waals surface area (Å²) >= 11 is 0.976. The number of hydrogen-bond acceptors (Lipinski definition) is 7. The molecule has 0 radical (unpaired) electrons. The summed E-state index contributed by atoms with van der Waals surface area (Å²) in [5.74, 6) is 1.32. The van der Waals surface area contributed by atoms with Crippen LogP contribution >= 0.6 is 11.5 Å². The number of nitrogens with one attached hydrogen (secondary N) is 1. The molecule has 3 rings (SSSR count). The van der Waals surface area contributed by atoms with E-state index in [4.69, 9.17) is 4.42 Å². The van der Waals surface area contributed by atoms with Crippen molar-refractivity contribution in [2.75, 3.05) is 4.72 Å². The fourth-order valence-corrected chi connectivity index (χ4v) is 3.98. The summed E-state index contributed by atoms with van der Waals surface area (Å²) in [4.78, 5) is 8.20. The maximum Gasteiger partial charge on any atom is 0.267 e. The topological polar surface area (TPSA) is 98.0 Å². The molecule has 0 saturated carbocycles. The van der Waals surface area contributed by atoms with Gasteiger partial charge in [-0.05, 0) is 26.0 Å². The van der Waals surface area contributed by atoms with E-state index in [9.17, 15) is 8.42 Å². The summed E-state index contributed by atoms with van der Waals surface area (Å²) in [6.45, 7) is 3.29. The van der Waals surface area contributed by atoms with Gasteiger partial charge >= 0.3 is 0 Å². The van der Waals surface area contributed by atoms with Gasteiger partial charge in [0.2, 0.25) is 5.13 Å². The Labute approximate surface area is 131 Å². The zero-order chi connectivity index (χ0) is 15.7. The molecule has 0 bridgehead atoms. The van der Waals surface area contributed by atoms with Gasteiger partial charge in [0.1, 0.15) is 16.4 Å². The largest absolute Gasteiger partial charge is 0.465 e. The quantitative estimate of drug-likeness (QED) is 0.786. The molecule has 0 amide bonds. The lowest BCUT2D eigenvalue weighted by Gasteiger charge is -2.02. The van der Waals surface area contributed by atoms with Crippen LogP contribution in [0, 0.1) is 13.8 Å². The van der Waals surface area contributed by atoms with Gasteiger partial charge in [-0.15, -0.1) is 0 Å². The standard InChI is InChI=1S/C13H12N4O3S2/c1-8-7-11(9(2)20-8)22(18,19)17-13-15-12(16-21-13)10-3-5-14-6-4-10/h3-7H,1-2H3,(H,15,16,17). The van der Waals surface area contributed by atoms with Crippen molar-refractivity contribution in [2.24, 2.45) is 0 Å². The Morgan fingerprint density at radius 1 is 1.23 bits per heavy atom. The molecule has 0 aliphatic carbocycles. The Morgan fingerprint density at radius 2 is 1.95 bits per heavy atom. The van der Waals surface area contributed by atoms with Gasteiger partial charge in [0.15, 0.2) is 5.82 Å². The van der Waals surface area contributed by atoms with Gasteiger partial charge in [0, 0.05) is 35.6 Å². The summed E-state index contributed by atoms with van der Waals surface area (Å²) in [6.07, 6.45) is 3.25. The molecule has 3 heterocycles. The average Bonchev–Trinajstić information content (AvgIpc) is 3.06. The zero-order valence-corrected chi connectivity index (χ0v) is 13.4. The summed E-state index contributed by atoms with van der Waals surface area (Å²) in [7, 11) is -3.74. The molecule has 0 fully saturated rings. The van der Waals surface area contributed by atoms with E-state index in [2.05, 4.69) is 19.1 Å². The van der Waals surface area contributed by atoms with Crippen molar-refractivity contribution in [1.29, 1.82) is 0 Å². The highest BCUT2D eigenvalue weighted by Crippen LogP contribution is 2.25. The lowest BCUT2D eigenvalue weighted by molar-refractivity contribution is 0.496. The Hall–Kier alpha value is -2.26. The first kappa shape index (κ1) is 14.7. The van der Waals surface area contributed by atoms with Gasteiger partial charge < -0.3 is 4.42 Å². The summed E-state index contributed by atoms with van der Waals surface area (Å²) in [5.41, 5.74) is 0.770. The molecule has 3 aromatic rings. The second-order valence-corrected chi connectivity index (χ2v) is 6.94. The van der Waals surface area contributed by atoms with Crippen molar-refractivity contribution in [3.05, 3.63) is 42.1 Å². The normalized spacial score (nSPS) is 11.5. The molecule has 0 atom stereocenters. The molecular weight excluding hydrogens is 324 g/mol. The van der Waals surface area contributed by atoms with E-state index >= 15 is 0 Å². The van der Waals surface area contributed by atoms with Crippen LogP contribution in [0.4, 0.5) is 5.13 Å². The van der Waals surface area contributed by atoms with Gasteiger partial charge in [-0.3, -0.25) is 9.71 Å². The van der Waals surface area contributed by atoms with Gasteiger partial charge in [-0.1, -0.05) is 0 Å². The van der Waals surface area contributed by atoms with Crippen LogP contribution in [0.2, 0.25) is 0 Å². The molecular formula is C13H12N4O3S2. The number of anilines is 1. The van der Waals surface area contributed by atoms with E-state index in [1.807, 2.05) is 0 Å². The third-order valence-corrected chi connectivity index (χ3v) is 5.08. The molecule has 114 valence electrons. The Kier molecular flexibility index (Phi) is 3.67. The van der Waals surface area contributed by atoms with Crippen molar-refractivity contribution in [2.45, 2.75) is 18.7 Å². The van der Waals surface area contributed by atoms with Gasteiger partial charge in [0.25, 0.3) is 10.0 Å². The third-order valence-electron chi connectivity index (χ3n) is 2.87. The summed E-state index contributed by atoms with van der Waals surface area (Å²) in [6, 6.07) is 4.98. The highest BCUT2D eigenvalue weighted by atomic mass is 32.2. The SMILES string of the molecule is Cc1cc(S(=O)(=O)Nc2nc(-c3ccncc3)ns2)c(C)o1. The van der Waals surface area contributed by atoms with E-state index in [1.165, 1.54) is 6.07 Å². The van der Waals surface area contributed by atoms with E-state index in [-0.39, 0.29) is 10.0 Å². The van der Waals surface area contributed by atoms with Crippen molar-refractivity contribution < 1.29 is 12.8 Å². The van der Waals surface area contributed by atoms with E-state index in [0.717, 1.165) is 17.1 Å². The minimum atomic E-state index is -3.74. The van der Waals surface area contributed by atoms with Crippen LogP contribution in [0.5, 0.6) is 0 Å². The molecule has 1 N–H and O–H groups in total. The van der Waals surface area contributed by atoms with Crippen molar-refractivity contribution in [1.82, 2.24) is 14.3 Å². The number of rotatable bonds is 4. The number of furan rings is 1. The van der Waals surface area contributed by atoms with E-state index < -0.39 is 10.0 Å². The second-order valence-electron chi connectivity index (χ2n) is 4.54. The Morgan fingerprint density at radius 3 is 2.59 bits per heavy atom. The van der Waals surface area contributed by atoms with Crippen LogP contribution in [0.1, 0.15) is 11.5 Å². The minimum Gasteiger partial charge on any atom is -0.465 e. The van der Waals surface area contributed by atoms with E-state index in [1.54, 1.807) is 38.4 Å². The minimum absolute atomic E-state index is 0.102. The predicted molar refractivity (Wildman–Crippen MR) is 82.1 cm³/mol. The molecule has 0 saturated heterocycles. The molecule has 22 heavy (non-hydrogen) atoms. The lowest BCUT2D eigenvalue weighted by Crippen LogP contribution is -2.13. The van der Waals surface area contributed by atoms with Crippen LogP contribution in [-0.2, 0) is 10.0 Å². The first-order valence-corrected chi connectivity index (χ1v) is 8.55. The van der Waals surface area contributed by atoms with Gasteiger partial charge in [-0.2, -0.15) is 9.36 Å². The smallest absolute Gasteiger partial charge is 0.267 e. The fraction of sp³-hybridized carbons (Fsp3) is 0.154. The average molecular weight is 336 g/mol. The Bertz CT molecular complexity index is 901. The van der Waals surface area contributed by atoms with Gasteiger partial charge in [-0.25, -0.2) is 8.42 Å². The molecule has 3 aromatic heterocycles. The molecule has 0 spiro atoms. The van der Waals surface area contributed by atoms with Crippen LogP contribution < -0.4 is 4.72 Å². The van der Waals surface area contributed by atoms with Crippen molar-refractivity contribution >= 4 is 26.7 Å². The number of aryl methyl sites for hydroxylation is 2.